The van der Waals surface area contributed by atoms with Crippen LogP contribution in [0.3, 0.4) is 0 Å². The van der Waals surface area contributed by atoms with Gasteiger partial charge in [-0.1, -0.05) is 12.1 Å². The van der Waals surface area contributed by atoms with Crippen molar-refractivity contribution in [2.45, 2.75) is 0 Å². The Labute approximate surface area is 91.8 Å². The molecule has 4 nitrogen and oxygen atoms in total. The molecule has 2 N–H and O–H groups in total. The van der Waals surface area contributed by atoms with Gasteiger partial charge in [0.05, 0.1) is 0 Å². The van der Waals surface area contributed by atoms with Gasteiger partial charge in [0.1, 0.15) is 23.7 Å². The van der Waals surface area contributed by atoms with Crippen molar-refractivity contribution in [3.05, 3.63) is 47.0 Å². The number of nitrogens with zero attached hydrogens (tertiary/aromatic N) is 3. The predicted molar refractivity (Wildman–Crippen MR) is 56.4 cm³/mol. The molecule has 0 heterocycles. The monoisotopic (exact) mass is 214 g/mol. The number of allylic oxidation sites excluding steroid dienone is 2. The first-order valence-electron chi connectivity index (χ1n) is 4.27. The lowest BCUT2D eigenvalue weighted by Gasteiger charge is -1.93. The van der Waals surface area contributed by atoms with Gasteiger partial charge in [-0.25, -0.2) is 9.38 Å². The van der Waals surface area contributed by atoms with E-state index in [0.29, 0.717) is 5.56 Å². The first kappa shape index (κ1) is 11.4. The molecule has 0 saturated heterocycles. The summed E-state index contributed by atoms with van der Waals surface area (Å²) in [5.74, 6) is -0.403. The van der Waals surface area contributed by atoms with E-state index in [1.807, 2.05) is 0 Å². The molecule has 0 aliphatic rings. The Hall–Kier alpha value is -2.66. The molecule has 1 rings (SSSR count). The van der Waals surface area contributed by atoms with Crippen LogP contribution >= 0.6 is 0 Å². The zero-order valence-corrected chi connectivity index (χ0v) is 8.18. The minimum absolute atomic E-state index is 0.188. The number of hydrogen-bond acceptors (Lipinski definition) is 4. The van der Waals surface area contributed by atoms with Crippen LogP contribution in [0.2, 0.25) is 0 Å². The molecule has 0 atom stereocenters. The van der Waals surface area contributed by atoms with Gasteiger partial charge >= 0.3 is 0 Å². The van der Waals surface area contributed by atoms with Crippen LogP contribution in [0.4, 0.5) is 4.39 Å². The summed E-state index contributed by atoms with van der Waals surface area (Å²) in [6.45, 7) is 0. The maximum absolute atomic E-state index is 12.8. The fraction of sp³-hybridized carbons (Fsp3) is 0. The second kappa shape index (κ2) is 5.28. The van der Waals surface area contributed by atoms with Gasteiger partial charge in [-0.05, 0) is 17.7 Å². The van der Waals surface area contributed by atoms with Crippen LogP contribution in [0.25, 0.3) is 0 Å². The second-order valence-electron chi connectivity index (χ2n) is 2.80. The first-order chi connectivity index (χ1) is 7.67. The van der Waals surface area contributed by atoms with Crippen molar-refractivity contribution in [3.63, 3.8) is 0 Å². The molecule has 1 aromatic rings. The minimum atomic E-state index is -0.403. The molecular formula is C11H7FN4. The SMILES string of the molecule is N#C/C(N)=C(\C#N)N=Cc1cccc(F)c1. The van der Waals surface area contributed by atoms with Crippen molar-refractivity contribution in [2.75, 3.05) is 0 Å². The van der Waals surface area contributed by atoms with E-state index in [1.165, 1.54) is 24.4 Å². The molecule has 0 amide bonds. The standard InChI is InChI=1S/C11H7FN4/c12-9-3-1-2-8(4-9)7-16-11(6-14)10(15)5-13/h1-4,7H,15H2/b11-10-,16-7?. The van der Waals surface area contributed by atoms with E-state index in [-0.39, 0.29) is 11.4 Å². The molecule has 16 heavy (non-hydrogen) atoms. The Kier molecular flexibility index (Phi) is 3.77. The molecule has 0 radical (unpaired) electrons. The zero-order valence-electron chi connectivity index (χ0n) is 8.18. The Bertz CT molecular complexity index is 532. The van der Waals surface area contributed by atoms with E-state index in [0.717, 1.165) is 0 Å². The lowest BCUT2D eigenvalue weighted by atomic mass is 10.2. The molecule has 0 fully saturated rings. The van der Waals surface area contributed by atoms with Crippen LogP contribution in [0.15, 0.2) is 40.7 Å². The maximum atomic E-state index is 12.8. The summed E-state index contributed by atoms with van der Waals surface area (Å²) in [7, 11) is 0. The smallest absolute Gasteiger partial charge is 0.174 e. The van der Waals surface area contributed by atoms with E-state index in [4.69, 9.17) is 16.3 Å². The molecule has 0 aromatic heterocycles. The molecule has 0 unspecified atom stereocenters. The molecule has 78 valence electrons. The highest BCUT2D eigenvalue weighted by Gasteiger charge is 1.98. The number of benzene rings is 1. The van der Waals surface area contributed by atoms with Crippen molar-refractivity contribution >= 4 is 6.21 Å². The molecule has 0 spiro atoms. The van der Waals surface area contributed by atoms with Crippen molar-refractivity contribution < 1.29 is 4.39 Å². The van der Waals surface area contributed by atoms with Gasteiger partial charge in [0, 0.05) is 6.21 Å². The molecule has 0 aliphatic heterocycles. The summed E-state index contributed by atoms with van der Waals surface area (Å²) in [5, 5.41) is 17.1. The van der Waals surface area contributed by atoms with Gasteiger partial charge in [-0.2, -0.15) is 10.5 Å². The number of aliphatic imine (C=N–C) groups is 1. The largest absolute Gasteiger partial charge is 0.388 e. The number of halogens is 1. The maximum Gasteiger partial charge on any atom is 0.174 e. The zero-order chi connectivity index (χ0) is 12.0. The van der Waals surface area contributed by atoms with E-state index < -0.39 is 5.82 Å². The average Bonchev–Trinajstić information content (AvgIpc) is 2.29. The lowest BCUT2D eigenvalue weighted by molar-refractivity contribution is 0.627. The normalized spacial score (nSPS) is 11.7. The quantitative estimate of drug-likeness (QED) is 0.597. The van der Waals surface area contributed by atoms with Crippen LogP contribution in [-0.2, 0) is 0 Å². The molecule has 5 heteroatoms. The topological polar surface area (TPSA) is 86.0 Å². The van der Waals surface area contributed by atoms with Crippen LogP contribution in [0.5, 0.6) is 0 Å². The Morgan fingerprint density at radius 1 is 1.38 bits per heavy atom. The third kappa shape index (κ3) is 2.93. The number of rotatable bonds is 2. The lowest BCUT2D eigenvalue weighted by Crippen LogP contribution is -1.97. The van der Waals surface area contributed by atoms with Gasteiger partial charge in [-0.3, -0.25) is 0 Å². The summed E-state index contributed by atoms with van der Waals surface area (Å²) >= 11 is 0. The van der Waals surface area contributed by atoms with Gasteiger partial charge in [0.15, 0.2) is 5.70 Å². The van der Waals surface area contributed by atoms with Crippen molar-refractivity contribution in [2.24, 2.45) is 10.7 Å². The number of nitriles is 2. The van der Waals surface area contributed by atoms with Crippen molar-refractivity contribution in [1.82, 2.24) is 0 Å². The fourth-order valence-electron chi connectivity index (χ4n) is 0.938. The molecule has 0 saturated carbocycles. The third-order valence-corrected chi connectivity index (χ3v) is 1.67. The third-order valence-electron chi connectivity index (χ3n) is 1.67. The number of nitrogens with two attached hydrogens (primary N) is 1. The summed E-state index contributed by atoms with van der Waals surface area (Å²) in [5.41, 5.74) is 5.26. The Morgan fingerprint density at radius 2 is 2.12 bits per heavy atom. The van der Waals surface area contributed by atoms with Gasteiger partial charge in [-0.15, -0.1) is 0 Å². The average molecular weight is 214 g/mol. The molecular weight excluding hydrogens is 207 g/mol. The minimum Gasteiger partial charge on any atom is -0.388 e. The highest BCUT2D eigenvalue weighted by molar-refractivity contribution is 5.80. The first-order valence-corrected chi connectivity index (χ1v) is 4.27. The van der Waals surface area contributed by atoms with Gasteiger partial charge in [0.2, 0.25) is 0 Å². The Morgan fingerprint density at radius 3 is 2.69 bits per heavy atom. The summed E-state index contributed by atoms with van der Waals surface area (Å²) in [4.78, 5) is 3.70. The van der Waals surface area contributed by atoms with Crippen LogP contribution < -0.4 is 5.73 Å². The van der Waals surface area contributed by atoms with Crippen molar-refractivity contribution in [3.8, 4) is 12.1 Å². The molecule has 1 aromatic carbocycles. The fourth-order valence-corrected chi connectivity index (χ4v) is 0.938. The van der Waals surface area contributed by atoms with E-state index >= 15 is 0 Å². The van der Waals surface area contributed by atoms with Crippen LogP contribution in [0.1, 0.15) is 5.56 Å². The highest BCUT2D eigenvalue weighted by Crippen LogP contribution is 2.03. The van der Waals surface area contributed by atoms with Gasteiger partial charge < -0.3 is 5.73 Å². The highest BCUT2D eigenvalue weighted by atomic mass is 19.1. The van der Waals surface area contributed by atoms with Gasteiger partial charge in [0.25, 0.3) is 0 Å². The number of hydrogen-bond donors (Lipinski definition) is 1. The second-order valence-corrected chi connectivity index (χ2v) is 2.80. The summed E-state index contributed by atoms with van der Waals surface area (Å²) < 4.78 is 12.8. The summed E-state index contributed by atoms with van der Waals surface area (Å²) in [6, 6.07) is 8.96. The predicted octanol–water partition coefficient (Wildman–Crippen LogP) is 1.46. The van der Waals surface area contributed by atoms with Crippen LogP contribution in [-0.4, -0.2) is 6.21 Å². The summed E-state index contributed by atoms with van der Waals surface area (Å²) in [6.07, 6.45) is 1.27. The van der Waals surface area contributed by atoms with Crippen LogP contribution in [0, 0.1) is 28.5 Å². The van der Waals surface area contributed by atoms with Crippen molar-refractivity contribution in [1.29, 1.82) is 10.5 Å². The Balaban J connectivity index is 2.99. The van der Waals surface area contributed by atoms with E-state index in [2.05, 4.69) is 4.99 Å². The molecule has 0 bridgehead atoms. The van der Waals surface area contributed by atoms with E-state index in [9.17, 15) is 4.39 Å². The van der Waals surface area contributed by atoms with E-state index in [1.54, 1.807) is 18.2 Å². The molecule has 0 aliphatic carbocycles.